The maximum Gasteiger partial charge on any atom is 0.226 e. The average molecular weight is 471 g/mol. The van der Waals surface area contributed by atoms with E-state index >= 15 is 0 Å². The number of para-hydroxylation sites is 1. The number of nitrogens with one attached hydrogen (secondary N) is 1. The normalized spacial score (nSPS) is 18.1. The molecule has 3 heterocycles. The number of rotatable bonds is 4. The summed E-state index contributed by atoms with van der Waals surface area (Å²) in [5, 5.41) is 7.99. The number of methoxy groups -OCH3 is 2. The van der Waals surface area contributed by atoms with Crippen LogP contribution in [-0.4, -0.2) is 29.0 Å². The van der Waals surface area contributed by atoms with Gasteiger partial charge in [-0.1, -0.05) is 35.9 Å². The molecule has 0 amide bonds. The van der Waals surface area contributed by atoms with Crippen molar-refractivity contribution in [3.8, 4) is 17.2 Å². The summed E-state index contributed by atoms with van der Waals surface area (Å²) in [6.07, 6.45) is 0.973. The van der Waals surface area contributed by atoms with E-state index in [-0.39, 0.29) is 11.9 Å². The lowest BCUT2D eigenvalue weighted by Gasteiger charge is -2.39. The Hall–Kier alpha value is -4.33. The molecule has 3 aromatic carbocycles. The van der Waals surface area contributed by atoms with E-state index in [2.05, 4.69) is 21.5 Å². The van der Waals surface area contributed by atoms with Gasteiger partial charge in [-0.2, -0.15) is 10.1 Å². The van der Waals surface area contributed by atoms with Crippen LogP contribution >= 0.6 is 0 Å². The SMILES string of the molecule is COc1cccc([C@H]2Oc3ccc(C)cc3C3=C2[C@H](c2ccc(F)cc2)n2ncnc2N3)c1OC. The van der Waals surface area contributed by atoms with Crippen molar-refractivity contribution in [2.75, 3.05) is 19.5 Å². The number of ether oxygens (including phenoxy) is 3. The predicted octanol–water partition coefficient (Wildman–Crippen LogP) is 5.30. The summed E-state index contributed by atoms with van der Waals surface area (Å²) in [5.41, 5.74) is 5.50. The van der Waals surface area contributed by atoms with Gasteiger partial charge in [0, 0.05) is 16.7 Å². The zero-order chi connectivity index (χ0) is 24.1. The van der Waals surface area contributed by atoms with Crippen LogP contribution in [0.2, 0.25) is 0 Å². The Morgan fingerprint density at radius 1 is 1.03 bits per heavy atom. The van der Waals surface area contributed by atoms with Crippen LogP contribution in [0.25, 0.3) is 5.70 Å². The molecule has 0 saturated carbocycles. The van der Waals surface area contributed by atoms with E-state index in [1.165, 1.54) is 18.5 Å². The van der Waals surface area contributed by atoms with Crippen LogP contribution in [0.1, 0.15) is 34.4 Å². The van der Waals surface area contributed by atoms with Gasteiger partial charge in [0.1, 0.15) is 23.9 Å². The van der Waals surface area contributed by atoms with E-state index in [1.807, 2.05) is 37.3 Å². The van der Waals surface area contributed by atoms with Crippen LogP contribution in [-0.2, 0) is 0 Å². The molecule has 0 fully saturated rings. The Morgan fingerprint density at radius 2 is 1.86 bits per heavy atom. The van der Waals surface area contributed by atoms with Gasteiger partial charge in [0.25, 0.3) is 0 Å². The highest BCUT2D eigenvalue weighted by atomic mass is 19.1. The zero-order valence-electron chi connectivity index (χ0n) is 19.4. The van der Waals surface area contributed by atoms with Crippen molar-refractivity contribution in [2.45, 2.75) is 19.1 Å². The average Bonchev–Trinajstić information content (AvgIpc) is 3.35. The van der Waals surface area contributed by atoms with Gasteiger partial charge >= 0.3 is 0 Å². The highest BCUT2D eigenvalue weighted by molar-refractivity contribution is 5.85. The predicted molar refractivity (Wildman–Crippen MR) is 129 cm³/mol. The van der Waals surface area contributed by atoms with Crippen molar-refractivity contribution in [1.29, 1.82) is 0 Å². The third-order valence-corrected chi connectivity index (χ3v) is 6.47. The van der Waals surface area contributed by atoms with Gasteiger partial charge in [-0.3, -0.25) is 0 Å². The number of nitrogens with zero attached hydrogens (tertiary/aromatic N) is 3. The molecule has 0 aliphatic carbocycles. The van der Waals surface area contributed by atoms with Crippen LogP contribution in [0.3, 0.4) is 0 Å². The first-order chi connectivity index (χ1) is 17.1. The molecule has 0 saturated heterocycles. The molecule has 0 radical (unpaired) electrons. The molecule has 1 aromatic heterocycles. The summed E-state index contributed by atoms with van der Waals surface area (Å²) in [5.74, 6) is 2.23. The Bertz CT molecular complexity index is 1460. The van der Waals surface area contributed by atoms with Gasteiger partial charge in [0.15, 0.2) is 17.6 Å². The van der Waals surface area contributed by atoms with Gasteiger partial charge in [0.2, 0.25) is 5.95 Å². The highest BCUT2D eigenvalue weighted by Crippen LogP contribution is 2.52. The third-order valence-electron chi connectivity index (χ3n) is 6.47. The van der Waals surface area contributed by atoms with Gasteiger partial charge < -0.3 is 19.5 Å². The summed E-state index contributed by atoms with van der Waals surface area (Å²) >= 11 is 0. The van der Waals surface area contributed by atoms with Crippen molar-refractivity contribution < 1.29 is 18.6 Å². The van der Waals surface area contributed by atoms with Crippen molar-refractivity contribution in [1.82, 2.24) is 14.8 Å². The summed E-state index contributed by atoms with van der Waals surface area (Å²) in [6, 6.07) is 17.9. The Labute approximate surface area is 201 Å². The minimum atomic E-state index is -0.537. The van der Waals surface area contributed by atoms with E-state index in [0.29, 0.717) is 17.4 Å². The molecule has 7 nitrogen and oxygen atoms in total. The lowest BCUT2D eigenvalue weighted by molar-refractivity contribution is 0.216. The standard InChI is InChI=1S/C27H23FN4O3/c1-15-7-12-20-19(13-15)23-22(26(35-20)18-5-4-6-21(33-2)25(18)34-3)24(16-8-10-17(28)11-9-16)32-27(31-23)29-14-30-32/h4-14,24,26H,1-3H3,(H,29,30,31)/t24-,26+/m0/s1. The van der Waals surface area contributed by atoms with E-state index in [4.69, 9.17) is 14.2 Å². The van der Waals surface area contributed by atoms with E-state index in [9.17, 15) is 4.39 Å². The molecule has 6 rings (SSSR count). The van der Waals surface area contributed by atoms with E-state index in [1.54, 1.807) is 31.0 Å². The fourth-order valence-corrected chi connectivity index (χ4v) is 4.93. The molecule has 176 valence electrons. The Morgan fingerprint density at radius 3 is 2.63 bits per heavy atom. The number of aryl methyl sites for hydroxylation is 1. The minimum Gasteiger partial charge on any atom is -0.493 e. The van der Waals surface area contributed by atoms with Crippen molar-refractivity contribution >= 4 is 11.6 Å². The minimum absolute atomic E-state index is 0.303. The van der Waals surface area contributed by atoms with E-state index in [0.717, 1.165) is 39.3 Å². The Kier molecular flexibility index (Phi) is 4.95. The van der Waals surface area contributed by atoms with Crippen molar-refractivity contribution in [3.05, 3.63) is 101 Å². The second-order valence-corrected chi connectivity index (χ2v) is 8.52. The molecule has 35 heavy (non-hydrogen) atoms. The molecular weight excluding hydrogens is 447 g/mol. The molecule has 0 bridgehead atoms. The number of aromatic nitrogens is 3. The summed E-state index contributed by atoms with van der Waals surface area (Å²) < 4.78 is 33.7. The number of hydrogen-bond donors (Lipinski definition) is 1. The number of benzene rings is 3. The zero-order valence-corrected chi connectivity index (χ0v) is 19.4. The summed E-state index contributed by atoms with van der Waals surface area (Å²) in [4.78, 5) is 4.44. The summed E-state index contributed by atoms with van der Waals surface area (Å²) in [6.45, 7) is 2.04. The first kappa shape index (κ1) is 21.2. The summed E-state index contributed by atoms with van der Waals surface area (Å²) in [7, 11) is 3.22. The highest BCUT2D eigenvalue weighted by Gasteiger charge is 2.42. The van der Waals surface area contributed by atoms with Crippen LogP contribution in [0.15, 0.2) is 72.6 Å². The van der Waals surface area contributed by atoms with Gasteiger partial charge in [-0.15, -0.1) is 0 Å². The molecule has 2 aliphatic heterocycles. The number of halogens is 1. The van der Waals surface area contributed by atoms with Crippen LogP contribution in [0.4, 0.5) is 10.3 Å². The maximum absolute atomic E-state index is 13.9. The van der Waals surface area contributed by atoms with Crippen LogP contribution < -0.4 is 19.5 Å². The Balaban J connectivity index is 1.65. The largest absolute Gasteiger partial charge is 0.493 e. The second-order valence-electron chi connectivity index (χ2n) is 8.52. The molecule has 0 unspecified atom stereocenters. The lowest BCUT2D eigenvalue weighted by atomic mass is 9.84. The third kappa shape index (κ3) is 3.32. The molecule has 4 aromatic rings. The smallest absolute Gasteiger partial charge is 0.226 e. The lowest BCUT2D eigenvalue weighted by Crippen LogP contribution is -2.32. The fourth-order valence-electron chi connectivity index (χ4n) is 4.93. The molecule has 2 aliphatic rings. The van der Waals surface area contributed by atoms with Crippen molar-refractivity contribution in [2.24, 2.45) is 0 Å². The number of hydrogen-bond acceptors (Lipinski definition) is 6. The van der Waals surface area contributed by atoms with Crippen LogP contribution in [0, 0.1) is 12.7 Å². The monoisotopic (exact) mass is 470 g/mol. The number of anilines is 1. The molecular formula is C27H23FN4O3. The van der Waals surface area contributed by atoms with Crippen LogP contribution in [0.5, 0.6) is 17.2 Å². The topological polar surface area (TPSA) is 70.4 Å². The second kappa shape index (κ2) is 8.16. The quantitative estimate of drug-likeness (QED) is 0.436. The molecule has 0 spiro atoms. The first-order valence-electron chi connectivity index (χ1n) is 11.2. The van der Waals surface area contributed by atoms with E-state index < -0.39 is 6.10 Å². The van der Waals surface area contributed by atoms with Gasteiger partial charge in [-0.25, -0.2) is 9.07 Å². The van der Waals surface area contributed by atoms with Gasteiger partial charge in [-0.05, 0) is 42.8 Å². The number of fused-ring (bicyclic) bond motifs is 3. The fraction of sp³-hybridized carbons (Fsp3) is 0.185. The maximum atomic E-state index is 13.9. The molecule has 2 atom stereocenters. The molecule has 8 heteroatoms. The molecule has 1 N–H and O–H groups in total. The first-order valence-corrected chi connectivity index (χ1v) is 11.2. The van der Waals surface area contributed by atoms with Gasteiger partial charge in [0.05, 0.1) is 19.9 Å². The van der Waals surface area contributed by atoms with Crippen molar-refractivity contribution in [3.63, 3.8) is 0 Å².